The van der Waals surface area contributed by atoms with Crippen molar-refractivity contribution in [1.82, 2.24) is 3.53 Å². The van der Waals surface area contributed by atoms with Crippen LogP contribution >= 0.6 is 22.9 Å². The van der Waals surface area contributed by atoms with Gasteiger partial charge in [-0.1, -0.05) is 36.5 Å². The fraction of sp³-hybridized carbons (Fsp3) is 0.111. The molecule has 0 fully saturated rings. The molecule has 0 heterocycles. The molecule has 0 atom stereocenters. The fourth-order valence-corrected chi connectivity index (χ4v) is 1.18. The molecule has 1 nitrogen and oxygen atoms in total. The van der Waals surface area contributed by atoms with Gasteiger partial charge in [0.2, 0.25) is 0 Å². The van der Waals surface area contributed by atoms with E-state index in [4.69, 9.17) is 0 Å². The van der Waals surface area contributed by atoms with Crippen LogP contribution in [0.25, 0.3) is 0 Å². The highest BCUT2D eigenvalue weighted by atomic mass is 127. The van der Waals surface area contributed by atoms with Gasteiger partial charge in [-0.25, -0.2) is 0 Å². The van der Waals surface area contributed by atoms with Crippen LogP contribution in [-0.2, 0) is 0 Å². The van der Waals surface area contributed by atoms with E-state index in [1.165, 1.54) is 0 Å². The highest BCUT2D eigenvalue weighted by molar-refractivity contribution is 14.1. The molecule has 0 aromatic carbocycles. The lowest BCUT2D eigenvalue weighted by Crippen LogP contribution is -1.92. The van der Waals surface area contributed by atoms with Crippen molar-refractivity contribution in [2.24, 2.45) is 0 Å². The molecule has 0 bridgehead atoms. The van der Waals surface area contributed by atoms with E-state index in [1.807, 2.05) is 18.2 Å². The number of hydrogen-bond donors (Lipinski definition) is 1. The van der Waals surface area contributed by atoms with Crippen molar-refractivity contribution >= 4 is 22.9 Å². The Morgan fingerprint density at radius 3 is 2.82 bits per heavy atom. The highest BCUT2D eigenvalue weighted by Gasteiger charge is 1.85. The standard InChI is InChI=1S/C9H10IN/c10-11-9-7-5-3-1-2-4-6-8-9/h1-5,7-8,11H,6H2/b3-1-,4-2-,7-5+,9-8+. The Balaban J connectivity index is 2.71. The molecule has 0 aromatic heterocycles. The van der Waals surface area contributed by atoms with Crippen molar-refractivity contribution in [3.63, 3.8) is 0 Å². The van der Waals surface area contributed by atoms with Gasteiger partial charge in [-0.05, 0) is 12.5 Å². The summed E-state index contributed by atoms with van der Waals surface area (Å²) in [5, 5.41) is 0. The summed E-state index contributed by atoms with van der Waals surface area (Å²) in [5.41, 5.74) is 1.15. The highest BCUT2D eigenvalue weighted by Crippen LogP contribution is 2.00. The van der Waals surface area contributed by atoms with E-state index in [9.17, 15) is 0 Å². The van der Waals surface area contributed by atoms with Crippen molar-refractivity contribution in [2.45, 2.75) is 6.42 Å². The average molecular weight is 259 g/mol. The Kier molecular flexibility index (Phi) is 4.04. The molecule has 0 radical (unpaired) electrons. The Morgan fingerprint density at radius 1 is 1.18 bits per heavy atom. The summed E-state index contributed by atoms with van der Waals surface area (Å²) in [7, 11) is 0. The van der Waals surface area contributed by atoms with Crippen LogP contribution in [0.1, 0.15) is 6.42 Å². The first-order valence-electron chi connectivity index (χ1n) is 3.50. The summed E-state index contributed by atoms with van der Waals surface area (Å²) in [6, 6.07) is 0. The van der Waals surface area contributed by atoms with Gasteiger partial charge in [0.05, 0.1) is 22.9 Å². The van der Waals surface area contributed by atoms with Crippen molar-refractivity contribution in [1.29, 1.82) is 0 Å². The smallest absolute Gasteiger partial charge is 0.0560 e. The van der Waals surface area contributed by atoms with Crippen LogP contribution in [0.2, 0.25) is 0 Å². The Hall–Kier alpha value is -0.510. The van der Waals surface area contributed by atoms with Crippen LogP contribution in [0.5, 0.6) is 0 Å². The van der Waals surface area contributed by atoms with Crippen LogP contribution in [0.3, 0.4) is 0 Å². The van der Waals surface area contributed by atoms with Gasteiger partial charge >= 0.3 is 0 Å². The van der Waals surface area contributed by atoms with E-state index in [0.29, 0.717) is 0 Å². The van der Waals surface area contributed by atoms with Gasteiger partial charge in [0, 0.05) is 5.70 Å². The largest absolute Gasteiger partial charge is 0.329 e. The van der Waals surface area contributed by atoms with Gasteiger partial charge in [-0.2, -0.15) is 0 Å². The molecule has 0 aliphatic heterocycles. The summed E-state index contributed by atoms with van der Waals surface area (Å²) in [6.07, 6.45) is 15.4. The summed E-state index contributed by atoms with van der Waals surface area (Å²) >= 11 is 2.13. The van der Waals surface area contributed by atoms with Crippen molar-refractivity contribution < 1.29 is 0 Å². The minimum Gasteiger partial charge on any atom is -0.329 e. The molecule has 0 amide bonds. The molecular formula is C9H10IN. The monoisotopic (exact) mass is 259 g/mol. The maximum Gasteiger partial charge on any atom is 0.0560 e. The second-order valence-corrected chi connectivity index (χ2v) is 2.70. The molecule has 1 N–H and O–H groups in total. The van der Waals surface area contributed by atoms with E-state index in [-0.39, 0.29) is 0 Å². The molecule has 1 aliphatic rings. The minimum atomic E-state index is 0.986. The van der Waals surface area contributed by atoms with Gasteiger partial charge in [-0.3, -0.25) is 0 Å². The predicted molar refractivity (Wildman–Crippen MR) is 57.3 cm³/mol. The summed E-state index contributed by atoms with van der Waals surface area (Å²) in [4.78, 5) is 0. The van der Waals surface area contributed by atoms with Gasteiger partial charge in [0.1, 0.15) is 0 Å². The maximum absolute atomic E-state index is 3.08. The van der Waals surface area contributed by atoms with Crippen LogP contribution < -0.4 is 3.53 Å². The van der Waals surface area contributed by atoms with E-state index in [1.54, 1.807) is 0 Å². The molecule has 0 saturated heterocycles. The second kappa shape index (κ2) is 5.18. The molecule has 0 spiro atoms. The van der Waals surface area contributed by atoms with Crippen molar-refractivity contribution in [3.8, 4) is 0 Å². The molecule has 58 valence electrons. The zero-order valence-electron chi connectivity index (χ0n) is 6.13. The minimum absolute atomic E-state index is 0.986. The molecule has 0 saturated carbocycles. The predicted octanol–water partition coefficient (Wildman–Crippen LogP) is 2.88. The first-order valence-corrected chi connectivity index (χ1v) is 4.58. The third kappa shape index (κ3) is 3.41. The van der Waals surface area contributed by atoms with E-state index >= 15 is 0 Å². The topological polar surface area (TPSA) is 12.0 Å². The molecule has 2 heteroatoms. The molecule has 0 aromatic rings. The number of rotatable bonds is 1. The fourth-order valence-electron chi connectivity index (χ4n) is 0.778. The zero-order valence-corrected chi connectivity index (χ0v) is 8.28. The lowest BCUT2D eigenvalue weighted by molar-refractivity contribution is 1.26. The summed E-state index contributed by atoms with van der Waals surface area (Å²) < 4.78 is 3.08. The maximum atomic E-state index is 3.08. The third-order valence-corrected chi connectivity index (χ3v) is 1.95. The number of hydrogen-bond acceptors (Lipinski definition) is 1. The molecule has 1 rings (SSSR count). The van der Waals surface area contributed by atoms with E-state index in [2.05, 4.69) is 50.7 Å². The zero-order chi connectivity index (χ0) is 7.94. The van der Waals surface area contributed by atoms with Crippen LogP contribution in [-0.4, -0.2) is 0 Å². The van der Waals surface area contributed by atoms with Gasteiger partial charge in [-0.15, -0.1) is 0 Å². The lowest BCUT2D eigenvalue weighted by Gasteiger charge is -1.95. The average Bonchev–Trinajstić information content (AvgIpc) is 2.16. The number of nitrogens with one attached hydrogen (secondary N) is 1. The molecule has 0 unspecified atom stereocenters. The summed E-state index contributed by atoms with van der Waals surface area (Å²) in [5.74, 6) is 0. The van der Waals surface area contributed by atoms with Gasteiger partial charge in [0.25, 0.3) is 0 Å². The molecule has 11 heavy (non-hydrogen) atoms. The normalized spacial score (nSPS) is 30.1. The number of allylic oxidation sites excluding steroid dienone is 7. The summed E-state index contributed by atoms with van der Waals surface area (Å²) in [6.45, 7) is 0. The SMILES string of the molecule is INC1=C/C\C=C/C=C\C=C\1. The van der Waals surface area contributed by atoms with Gasteiger partial charge < -0.3 is 3.53 Å². The quantitative estimate of drug-likeness (QED) is 0.564. The molecule has 1 aliphatic carbocycles. The van der Waals surface area contributed by atoms with Crippen LogP contribution in [0.4, 0.5) is 0 Å². The Morgan fingerprint density at radius 2 is 2.00 bits per heavy atom. The molecular weight excluding hydrogens is 249 g/mol. The Labute approximate surface area is 81.1 Å². The van der Waals surface area contributed by atoms with Crippen molar-refractivity contribution in [2.75, 3.05) is 0 Å². The number of halogens is 1. The van der Waals surface area contributed by atoms with Crippen LogP contribution in [0.15, 0.2) is 48.2 Å². The first kappa shape index (κ1) is 8.59. The Bertz CT molecular complexity index is 224. The van der Waals surface area contributed by atoms with Gasteiger partial charge in [0.15, 0.2) is 0 Å². The second-order valence-electron chi connectivity index (χ2n) is 2.16. The first-order chi connectivity index (χ1) is 5.43. The van der Waals surface area contributed by atoms with E-state index < -0.39 is 0 Å². The third-order valence-electron chi connectivity index (χ3n) is 1.33. The van der Waals surface area contributed by atoms with Crippen LogP contribution in [0, 0.1) is 0 Å². The van der Waals surface area contributed by atoms with E-state index in [0.717, 1.165) is 12.1 Å². The lowest BCUT2D eigenvalue weighted by atomic mass is 10.3. The van der Waals surface area contributed by atoms with Crippen molar-refractivity contribution in [3.05, 3.63) is 48.2 Å².